The molecular weight excluding hydrogens is 308 g/mol. The van der Waals surface area contributed by atoms with E-state index in [-0.39, 0.29) is 0 Å². The van der Waals surface area contributed by atoms with E-state index in [1.54, 1.807) is 0 Å². The Bertz CT molecular complexity index is 775. The van der Waals surface area contributed by atoms with Crippen molar-refractivity contribution in [1.82, 2.24) is 9.88 Å². The van der Waals surface area contributed by atoms with Crippen molar-refractivity contribution in [3.63, 3.8) is 0 Å². The number of benzene rings is 1. The zero-order valence-electron chi connectivity index (χ0n) is 15.2. The van der Waals surface area contributed by atoms with Gasteiger partial charge >= 0.3 is 0 Å². The summed E-state index contributed by atoms with van der Waals surface area (Å²) in [6, 6.07) is 12.8. The highest BCUT2D eigenvalue weighted by atomic mass is 15.2. The quantitative estimate of drug-likeness (QED) is 0.860. The van der Waals surface area contributed by atoms with Gasteiger partial charge in [-0.2, -0.15) is 0 Å². The predicted octanol–water partition coefficient (Wildman–Crippen LogP) is 3.21. The molecule has 1 saturated heterocycles. The topological polar surface area (TPSA) is 31.7 Å². The molecule has 1 fully saturated rings. The van der Waals surface area contributed by atoms with Gasteiger partial charge in [0.15, 0.2) is 0 Å². The van der Waals surface area contributed by atoms with Crippen molar-refractivity contribution in [2.24, 2.45) is 10.9 Å². The van der Waals surface area contributed by atoms with Gasteiger partial charge in [0, 0.05) is 30.9 Å². The molecule has 2 aromatic rings. The van der Waals surface area contributed by atoms with Gasteiger partial charge in [-0.1, -0.05) is 24.3 Å². The van der Waals surface area contributed by atoms with Crippen LogP contribution in [-0.2, 0) is 6.54 Å². The second-order valence-corrected chi connectivity index (χ2v) is 7.35. The summed E-state index contributed by atoms with van der Waals surface area (Å²) in [5.74, 6) is 1.81. The Kier molecular flexibility index (Phi) is 4.53. The fourth-order valence-corrected chi connectivity index (χ4v) is 3.89. The molecule has 4 heteroatoms. The average molecular weight is 334 g/mol. The third-order valence-corrected chi connectivity index (χ3v) is 5.46. The SMILES string of the molecule is CN1CCC(CN(C)c2cc(C3=NCc4ccccc43)ccn2)CC1. The molecule has 2 aliphatic heterocycles. The number of hydrogen-bond donors (Lipinski definition) is 0. The molecule has 0 saturated carbocycles. The van der Waals surface area contributed by atoms with Crippen LogP contribution < -0.4 is 4.90 Å². The molecule has 0 N–H and O–H groups in total. The van der Waals surface area contributed by atoms with Crippen LogP contribution in [0.3, 0.4) is 0 Å². The summed E-state index contributed by atoms with van der Waals surface area (Å²) in [4.78, 5) is 14.1. The zero-order valence-corrected chi connectivity index (χ0v) is 15.2. The molecule has 0 spiro atoms. The smallest absolute Gasteiger partial charge is 0.128 e. The minimum absolute atomic E-state index is 0.760. The number of anilines is 1. The van der Waals surface area contributed by atoms with Crippen LogP contribution in [0.5, 0.6) is 0 Å². The first-order valence-electron chi connectivity index (χ1n) is 9.19. The van der Waals surface area contributed by atoms with Crippen molar-refractivity contribution in [3.8, 4) is 0 Å². The molecular formula is C21H26N4. The summed E-state index contributed by atoms with van der Waals surface area (Å²) in [7, 11) is 4.37. The first kappa shape index (κ1) is 16.3. The van der Waals surface area contributed by atoms with E-state index in [1.807, 2.05) is 6.20 Å². The van der Waals surface area contributed by atoms with Gasteiger partial charge in [0.05, 0.1) is 12.3 Å². The van der Waals surface area contributed by atoms with Gasteiger partial charge in [0.2, 0.25) is 0 Å². The van der Waals surface area contributed by atoms with Crippen LogP contribution in [0.2, 0.25) is 0 Å². The fraction of sp³-hybridized carbons (Fsp3) is 0.429. The Hall–Kier alpha value is -2.20. The lowest BCUT2D eigenvalue weighted by Gasteiger charge is -2.32. The Labute approximate surface area is 150 Å². The monoisotopic (exact) mass is 334 g/mol. The van der Waals surface area contributed by atoms with Crippen molar-refractivity contribution in [2.75, 3.05) is 38.6 Å². The highest BCUT2D eigenvalue weighted by Crippen LogP contribution is 2.25. The van der Waals surface area contributed by atoms with E-state index < -0.39 is 0 Å². The Morgan fingerprint density at radius 1 is 1.16 bits per heavy atom. The molecule has 0 bridgehead atoms. The number of nitrogens with zero attached hydrogens (tertiary/aromatic N) is 4. The molecule has 25 heavy (non-hydrogen) atoms. The number of likely N-dealkylation sites (tertiary alicyclic amines) is 1. The lowest BCUT2D eigenvalue weighted by atomic mass is 9.96. The number of hydrogen-bond acceptors (Lipinski definition) is 4. The minimum atomic E-state index is 0.760. The summed E-state index contributed by atoms with van der Waals surface area (Å²) >= 11 is 0. The van der Waals surface area contributed by atoms with E-state index in [0.29, 0.717) is 0 Å². The maximum absolute atomic E-state index is 4.76. The molecule has 0 unspecified atom stereocenters. The third-order valence-electron chi connectivity index (χ3n) is 5.46. The molecule has 1 aromatic carbocycles. The maximum atomic E-state index is 4.76. The van der Waals surface area contributed by atoms with Crippen LogP contribution in [0.15, 0.2) is 47.6 Å². The van der Waals surface area contributed by atoms with Crippen molar-refractivity contribution in [2.45, 2.75) is 19.4 Å². The largest absolute Gasteiger partial charge is 0.359 e. The van der Waals surface area contributed by atoms with Gasteiger partial charge in [-0.25, -0.2) is 4.98 Å². The minimum Gasteiger partial charge on any atom is -0.359 e. The van der Waals surface area contributed by atoms with E-state index in [2.05, 4.69) is 65.3 Å². The van der Waals surface area contributed by atoms with Gasteiger partial charge in [0.1, 0.15) is 5.82 Å². The first-order valence-corrected chi connectivity index (χ1v) is 9.19. The van der Waals surface area contributed by atoms with Crippen molar-refractivity contribution < 1.29 is 0 Å². The number of piperidine rings is 1. The molecule has 1 aromatic heterocycles. The lowest BCUT2D eigenvalue weighted by molar-refractivity contribution is 0.222. The Morgan fingerprint density at radius 3 is 2.80 bits per heavy atom. The summed E-state index contributed by atoms with van der Waals surface area (Å²) in [6.45, 7) is 4.28. The van der Waals surface area contributed by atoms with Crippen molar-refractivity contribution >= 4 is 11.5 Å². The van der Waals surface area contributed by atoms with Crippen LogP contribution in [0.4, 0.5) is 5.82 Å². The average Bonchev–Trinajstić information content (AvgIpc) is 3.08. The second kappa shape index (κ2) is 6.96. The summed E-state index contributed by atoms with van der Waals surface area (Å²) in [5, 5.41) is 0. The Morgan fingerprint density at radius 2 is 1.96 bits per heavy atom. The number of rotatable bonds is 4. The van der Waals surface area contributed by atoms with Gasteiger partial charge in [-0.15, -0.1) is 0 Å². The van der Waals surface area contributed by atoms with E-state index in [4.69, 9.17) is 4.99 Å². The Balaban J connectivity index is 1.50. The van der Waals surface area contributed by atoms with Crippen LogP contribution in [0, 0.1) is 5.92 Å². The third kappa shape index (κ3) is 3.45. The van der Waals surface area contributed by atoms with Crippen LogP contribution in [-0.4, -0.2) is 49.3 Å². The molecule has 2 aliphatic rings. The number of pyridine rings is 1. The van der Waals surface area contributed by atoms with E-state index in [9.17, 15) is 0 Å². The van der Waals surface area contributed by atoms with Gasteiger partial charge in [-0.05, 0) is 56.6 Å². The molecule has 4 rings (SSSR count). The summed E-state index contributed by atoms with van der Waals surface area (Å²) < 4.78 is 0. The van der Waals surface area contributed by atoms with Crippen LogP contribution >= 0.6 is 0 Å². The number of aromatic nitrogens is 1. The number of aliphatic imine (C=N–C) groups is 1. The molecule has 4 nitrogen and oxygen atoms in total. The standard InChI is InChI=1S/C21H26N4/c1-24-11-8-16(9-12-24)15-25(2)20-13-17(7-10-22-20)21-19-6-4-3-5-18(19)14-23-21/h3-7,10,13,16H,8-9,11-12,14-15H2,1-2H3. The summed E-state index contributed by atoms with van der Waals surface area (Å²) in [5.41, 5.74) is 4.85. The van der Waals surface area contributed by atoms with Crippen molar-refractivity contribution in [1.29, 1.82) is 0 Å². The normalized spacial score (nSPS) is 18.1. The van der Waals surface area contributed by atoms with Gasteiger partial charge < -0.3 is 9.80 Å². The lowest BCUT2D eigenvalue weighted by Crippen LogP contribution is -2.36. The molecule has 0 radical (unpaired) electrons. The molecule has 3 heterocycles. The highest BCUT2D eigenvalue weighted by Gasteiger charge is 2.20. The van der Waals surface area contributed by atoms with Crippen molar-refractivity contribution in [3.05, 3.63) is 59.3 Å². The van der Waals surface area contributed by atoms with E-state index in [1.165, 1.54) is 42.6 Å². The van der Waals surface area contributed by atoms with E-state index >= 15 is 0 Å². The predicted molar refractivity (Wildman–Crippen MR) is 104 cm³/mol. The number of fused-ring (bicyclic) bond motifs is 1. The molecule has 0 amide bonds. The molecule has 130 valence electrons. The fourth-order valence-electron chi connectivity index (χ4n) is 3.89. The maximum Gasteiger partial charge on any atom is 0.128 e. The van der Waals surface area contributed by atoms with Gasteiger partial charge in [-0.3, -0.25) is 4.99 Å². The van der Waals surface area contributed by atoms with Crippen LogP contribution in [0.1, 0.15) is 29.5 Å². The van der Waals surface area contributed by atoms with E-state index in [0.717, 1.165) is 30.5 Å². The van der Waals surface area contributed by atoms with Gasteiger partial charge in [0.25, 0.3) is 0 Å². The zero-order chi connectivity index (χ0) is 17.2. The highest BCUT2D eigenvalue weighted by molar-refractivity contribution is 6.15. The molecule has 0 aliphatic carbocycles. The first-order chi connectivity index (χ1) is 12.2. The van der Waals surface area contributed by atoms with Crippen LogP contribution in [0.25, 0.3) is 0 Å². The summed E-state index contributed by atoms with van der Waals surface area (Å²) in [6.07, 6.45) is 4.47. The second-order valence-electron chi connectivity index (χ2n) is 7.35. The molecule has 0 atom stereocenters.